The molecule has 0 fully saturated rings. The van der Waals surface area contributed by atoms with Gasteiger partial charge in [-0.1, -0.05) is 12.1 Å². The summed E-state index contributed by atoms with van der Waals surface area (Å²) in [5.74, 6) is 0.128. The maximum absolute atomic E-state index is 13.3. The second kappa shape index (κ2) is 9.51. The zero-order valence-corrected chi connectivity index (χ0v) is 16.1. The first-order valence-corrected chi connectivity index (χ1v) is 9.22. The van der Waals surface area contributed by atoms with Gasteiger partial charge in [-0.05, 0) is 55.3 Å². The van der Waals surface area contributed by atoms with Crippen LogP contribution in [0.3, 0.4) is 0 Å². The van der Waals surface area contributed by atoms with Crippen LogP contribution in [0.4, 0.5) is 4.39 Å². The van der Waals surface area contributed by atoms with E-state index >= 15 is 0 Å². The number of aromatic nitrogens is 2. The minimum absolute atomic E-state index is 0.0593. The van der Waals surface area contributed by atoms with Crippen molar-refractivity contribution in [3.8, 4) is 23.1 Å². The zero-order chi connectivity index (χ0) is 20.6. The monoisotopic (exact) mass is 392 g/mol. The number of rotatable bonds is 8. The highest BCUT2D eigenvalue weighted by atomic mass is 19.1. The number of halogens is 1. The van der Waals surface area contributed by atoms with Gasteiger partial charge in [0.15, 0.2) is 6.61 Å². The van der Waals surface area contributed by atoms with Crippen molar-refractivity contribution < 1.29 is 13.9 Å². The van der Waals surface area contributed by atoms with Gasteiger partial charge in [0.05, 0.1) is 17.3 Å². The largest absolute Gasteiger partial charge is 0.484 e. The quantitative estimate of drug-likeness (QED) is 0.635. The van der Waals surface area contributed by atoms with Gasteiger partial charge < -0.3 is 9.64 Å². The second-order valence-corrected chi connectivity index (χ2v) is 6.63. The first-order chi connectivity index (χ1) is 14.0. The van der Waals surface area contributed by atoms with E-state index in [2.05, 4.69) is 10.2 Å². The van der Waals surface area contributed by atoms with E-state index in [0.717, 1.165) is 24.1 Å². The molecule has 0 aliphatic carbocycles. The molecule has 1 aromatic heterocycles. The number of likely N-dealkylation sites (N-methyl/N-ethyl adjacent to an activating group) is 1. The van der Waals surface area contributed by atoms with Crippen molar-refractivity contribution in [3.05, 3.63) is 71.7 Å². The molecule has 148 valence electrons. The van der Waals surface area contributed by atoms with E-state index < -0.39 is 0 Å². The summed E-state index contributed by atoms with van der Waals surface area (Å²) in [5, 5.41) is 16.0. The summed E-state index contributed by atoms with van der Waals surface area (Å²) < 4.78 is 18.8. The summed E-state index contributed by atoms with van der Waals surface area (Å²) in [7, 11) is 1.73. The van der Waals surface area contributed by atoms with E-state index in [0.29, 0.717) is 23.6 Å². The normalized spacial score (nSPS) is 10.4. The molecule has 0 saturated carbocycles. The minimum atomic E-state index is -0.296. The van der Waals surface area contributed by atoms with Crippen molar-refractivity contribution in [3.63, 3.8) is 0 Å². The number of nitriles is 1. The van der Waals surface area contributed by atoms with Gasteiger partial charge in [0.1, 0.15) is 11.6 Å². The summed E-state index contributed by atoms with van der Waals surface area (Å²) in [6.45, 7) is 0.514. The molecule has 0 atom stereocenters. The van der Waals surface area contributed by atoms with Crippen LogP contribution in [0.2, 0.25) is 0 Å². The molecule has 2 aromatic carbocycles. The lowest BCUT2D eigenvalue weighted by Gasteiger charge is -2.17. The van der Waals surface area contributed by atoms with Gasteiger partial charge in [0.2, 0.25) is 0 Å². The number of aryl methyl sites for hydroxylation is 1. The molecule has 0 unspecified atom stereocenters. The maximum Gasteiger partial charge on any atom is 0.260 e. The van der Waals surface area contributed by atoms with Crippen LogP contribution < -0.4 is 4.74 Å². The van der Waals surface area contributed by atoms with E-state index in [9.17, 15) is 9.18 Å². The van der Waals surface area contributed by atoms with Gasteiger partial charge in [-0.2, -0.15) is 10.4 Å². The molecule has 0 saturated heterocycles. The zero-order valence-electron chi connectivity index (χ0n) is 16.1. The molecule has 3 aromatic rings. The highest BCUT2D eigenvalue weighted by Crippen LogP contribution is 2.19. The Bertz CT molecular complexity index is 1010. The Hall–Kier alpha value is -3.66. The van der Waals surface area contributed by atoms with Crippen LogP contribution in [0.25, 0.3) is 11.3 Å². The van der Waals surface area contributed by atoms with Crippen LogP contribution in [-0.2, 0) is 11.2 Å². The number of benzene rings is 2. The van der Waals surface area contributed by atoms with E-state index in [1.54, 1.807) is 42.3 Å². The molecule has 7 heteroatoms. The number of nitrogens with one attached hydrogen (secondary N) is 1. The first kappa shape index (κ1) is 20.1. The summed E-state index contributed by atoms with van der Waals surface area (Å²) in [5.41, 5.74) is 2.89. The smallest absolute Gasteiger partial charge is 0.260 e. The summed E-state index contributed by atoms with van der Waals surface area (Å²) in [4.78, 5) is 13.8. The molecule has 0 aliphatic rings. The van der Waals surface area contributed by atoms with Crippen molar-refractivity contribution in [2.24, 2.45) is 0 Å². The van der Waals surface area contributed by atoms with Crippen molar-refractivity contribution in [2.45, 2.75) is 12.8 Å². The van der Waals surface area contributed by atoms with Crippen molar-refractivity contribution >= 4 is 5.91 Å². The van der Waals surface area contributed by atoms with Gasteiger partial charge in [-0.15, -0.1) is 0 Å². The van der Waals surface area contributed by atoms with E-state index in [1.807, 2.05) is 18.2 Å². The van der Waals surface area contributed by atoms with E-state index in [1.165, 1.54) is 12.1 Å². The standard InChI is InChI=1S/C22H21FN4O2/c1-27(22(28)15-29-20-9-7-16(14-24)8-10-20)11-3-6-19-13-21(26-25-19)17-4-2-5-18(23)12-17/h2,4-5,7-10,12-13H,3,6,11,15H2,1H3,(H,25,26). The number of amides is 1. The van der Waals surface area contributed by atoms with Crippen LogP contribution in [0, 0.1) is 17.1 Å². The molecule has 0 bridgehead atoms. The molecule has 3 rings (SSSR count). The molecule has 6 nitrogen and oxygen atoms in total. The lowest BCUT2D eigenvalue weighted by atomic mass is 10.1. The van der Waals surface area contributed by atoms with Crippen LogP contribution in [0.15, 0.2) is 54.6 Å². The SMILES string of the molecule is CN(CCCc1cc(-c2cccc(F)c2)n[nH]1)C(=O)COc1ccc(C#N)cc1. The number of aromatic amines is 1. The lowest BCUT2D eigenvalue weighted by molar-refractivity contribution is -0.132. The second-order valence-electron chi connectivity index (χ2n) is 6.63. The van der Waals surface area contributed by atoms with Crippen molar-refractivity contribution in [2.75, 3.05) is 20.2 Å². The number of H-pyrrole nitrogens is 1. The molecule has 0 spiro atoms. The van der Waals surface area contributed by atoms with Gasteiger partial charge in [-0.25, -0.2) is 4.39 Å². The van der Waals surface area contributed by atoms with E-state index in [-0.39, 0.29) is 18.3 Å². The number of nitrogens with zero attached hydrogens (tertiary/aromatic N) is 3. The fourth-order valence-electron chi connectivity index (χ4n) is 2.80. The van der Waals surface area contributed by atoms with Crippen molar-refractivity contribution in [1.82, 2.24) is 15.1 Å². The average Bonchev–Trinajstić information content (AvgIpc) is 3.21. The van der Waals surface area contributed by atoms with Crippen LogP contribution in [0.5, 0.6) is 5.75 Å². The summed E-state index contributed by atoms with van der Waals surface area (Å²) in [6.07, 6.45) is 1.47. The van der Waals surface area contributed by atoms with Crippen molar-refractivity contribution in [1.29, 1.82) is 5.26 Å². The third-order valence-corrected chi connectivity index (χ3v) is 4.46. The predicted octanol–water partition coefficient (Wildman–Crippen LogP) is 3.56. The molecule has 1 heterocycles. The topological polar surface area (TPSA) is 82.0 Å². The molecule has 1 amide bonds. The Balaban J connectivity index is 1.42. The minimum Gasteiger partial charge on any atom is -0.484 e. The average molecular weight is 392 g/mol. The molecule has 0 radical (unpaired) electrons. The van der Waals surface area contributed by atoms with Gasteiger partial charge >= 0.3 is 0 Å². The van der Waals surface area contributed by atoms with Gasteiger partial charge in [0.25, 0.3) is 5.91 Å². The molecular weight excluding hydrogens is 371 g/mol. The third kappa shape index (κ3) is 5.66. The van der Waals surface area contributed by atoms with Gasteiger partial charge in [-0.3, -0.25) is 9.89 Å². The lowest BCUT2D eigenvalue weighted by Crippen LogP contribution is -2.32. The molecule has 1 N–H and O–H groups in total. The van der Waals surface area contributed by atoms with Gasteiger partial charge in [0, 0.05) is 24.8 Å². The Morgan fingerprint density at radius 2 is 2.03 bits per heavy atom. The molecular formula is C22H21FN4O2. The maximum atomic E-state index is 13.3. The number of carbonyl (C=O) groups excluding carboxylic acids is 1. The summed E-state index contributed by atoms with van der Waals surface area (Å²) in [6, 6.07) is 16.9. The van der Waals surface area contributed by atoms with Crippen LogP contribution >= 0.6 is 0 Å². The van der Waals surface area contributed by atoms with E-state index in [4.69, 9.17) is 10.00 Å². The Labute approximate surface area is 168 Å². The molecule has 29 heavy (non-hydrogen) atoms. The fourth-order valence-corrected chi connectivity index (χ4v) is 2.80. The highest BCUT2D eigenvalue weighted by molar-refractivity contribution is 5.77. The Kier molecular flexibility index (Phi) is 6.59. The highest BCUT2D eigenvalue weighted by Gasteiger charge is 2.10. The number of hydrogen-bond donors (Lipinski definition) is 1. The number of carbonyl (C=O) groups is 1. The third-order valence-electron chi connectivity index (χ3n) is 4.46. The Morgan fingerprint density at radius 3 is 2.76 bits per heavy atom. The Morgan fingerprint density at radius 1 is 1.24 bits per heavy atom. The van der Waals surface area contributed by atoms with Crippen LogP contribution in [-0.4, -0.2) is 41.2 Å². The number of ether oxygens (including phenoxy) is 1. The summed E-state index contributed by atoms with van der Waals surface area (Å²) >= 11 is 0. The number of hydrogen-bond acceptors (Lipinski definition) is 4. The van der Waals surface area contributed by atoms with Crippen LogP contribution in [0.1, 0.15) is 17.7 Å². The first-order valence-electron chi connectivity index (χ1n) is 9.22. The fraction of sp³-hybridized carbons (Fsp3) is 0.227. The molecule has 0 aliphatic heterocycles. The predicted molar refractivity (Wildman–Crippen MR) is 107 cm³/mol.